The predicted octanol–water partition coefficient (Wildman–Crippen LogP) is 2.90. The highest BCUT2D eigenvalue weighted by Gasteiger charge is 2.32. The van der Waals surface area contributed by atoms with Crippen LogP contribution >= 0.6 is 0 Å². The van der Waals surface area contributed by atoms with Crippen molar-refractivity contribution in [1.82, 2.24) is 4.98 Å². The number of pyridine rings is 1. The second-order valence-corrected chi connectivity index (χ2v) is 6.81. The molecule has 2 rings (SSSR count). The number of amides is 1. The molecule has 1 amide bonds. The average molecular weight is 362 g/mol. The van der Waals surface area contributed by atoms with Crippen LogP contribution in [0.4, 0.5) is 23.2 Å². The highest BCUT2D eigenvalue weighted by atomic mass is 32.2. The number of carbonyl (C=O) groups is 1. The number of carbonyl (C=O) groups excluding carboxylic acids is 1. The molecular weight excluding hydrogens is 352 g/mol. The lowest BCUT2D eigenvalue weighted by molar-refractivity contribution is -0.141. The van der Waals surface area contributed by atoms with Crippen molar-refractivity contribution in [2.75, 3.05) is 11.6 Å². The normalized spacial score (nSPS) is 12.0. The largest absolute Gasteiger partial charge is 0.433 e. The minimum absolute atomic E-state index is 0.218. The predicted molar refractivity (Wildman–Crippen MR) is 76.7 cm³/mol. The van der Waals surface area contributed by atoms with Crippen LogP contribution in [0.25, 0.3) is 0 Å². The first-order valence-corrected chi connectivity index (χ1v) is 8.22. The van der Waals surface area contributed by atoms with E-state index < -0.39 is 39.1 Å². The van der Waals surface area contributed by atoms with E-state index in [1.165, 1.54) is 0 Å². The molecule has 10 heteroatoms. The van der Waals surface area contributed by atoms with Crippen LogP contribution in [0, 0.1) is 5.82 Å². The van der Waals surface area contributed by atoms with Crippen molar-refractivity contribution in [2.45, 2.75) is 11.1 Å². The second kappa shape index (κ2) is 6.19. The third-order valence-electron chi connectivity index (χ3n) is 2.93. The van der Waals surface area contributed by atoms with Gasteiger partial charge < -0.3 is 5.32 Å². The Morgan fingerprint density at radius 2 is 1.83 bits per heavy atom. The van der Waals surface area contributed by atoms with Gasteiger partial charge in [0.25, 0.3) is 5.91 Å². The maximum Gasteiger partial charge on any atom is 0.433 e. The van der Waals surface area contributed by atoms with E-state index in [-0.39, 0.29) is 10.5 Å². The Labute approximate surface area is 134 Å². The number of hydrogen-bond acceptors (Lipinski definition) is 4. The van der Waals surface area contributed by atoms with Crippen molar-refractivity contribution in [3.63, 3.8) is 0 Å². The van der Waals surface area contributed by atoms with Crippen molar-refractivity contribution in [3.05, 3.63) is 53.6 Å². The number of sulfone groups is 1. The van der Waals surface area contributed by atoms with E-state index in [9.17, 15) is 30.8 Å². The van der Waals surface area contributed by atoms with Gasteiger partial charge in [0.05, 0.1) is 16.1 Å². The molecule has 24 heavy (non-hydrogen) atoms. The molecule has 1 N–H and O–H groups in total. The third-order valence-corrected chi connectivity index (χ3v) is 4.04. The molecule has 0 saturated carbocycles. The van der Waals surface area contributed by atoms with Gasteiger partial charge in [-0.25, -0.2) is 12.8 Å². The molecule has 1 aromatic heterocycles. The van der Waals surface area contributed by atoms with Crippen molar-refractivity contribution in [2.24, 2.45) is 0 Å². The molecule has 5 nitrogen and oxygen atoms in total. The Balaban J connectivity index is 2.27. The van der Waals surface area contributed by atoms with E-state index in [1.54, 1.807) is 0 Å². The number of halogens is 4. The Morgan fingerprint density at radius 1 is 1.17 bits per heavy atom. The Kier molecular flexibility index (Phi) is 4.61. The Bertz CT molecular complexity index is 878. The number of aromatic nitrogens is 1. The minimum atomic E-state index is -4.65. The van der Waals surface area contributed by atoms with Crippen molar-refractivity contribution in [1.29, 1.82) is 0 Å². The highest BCUT2D eigenvalue weighted by Crippen LogP contribution is 2.27. The molecule has 128 valence electrons. The topological polar surface area (TPSA) is 76.1 Å². The summed E-state index contributed by atoms with van der Waals surface area (Å²) in [5, 5.41) is 2.10. The van der Waals surface area contributed by atoms with Gasteiger partial charge in [0.1, 0.15) is 11.5 Å². The summed E-state index contributed by atoms with van der Waals surface area (Å²) >= 11 is 0. The third kappa shape index (κ3) is 4.07. The summed E-state index contributed by atoms with van der Waals surface area (Å²) in [5.74, 6) is -1.82. The molecule has 0 spiro atoms. The zero-order valence-electron chi connectivity index (χ0n) is 12.1. The minimum Gasteiger partial charge on any atom is -0.319 e. The fraction of sp³-hybridized carbons (Fsp3) is 0.143. The number of nitrogens with zero attached hydrogens (tertiary/aromatic N) is 1. The van der Waals surface area contributed by atoms with Gasteiger partial charge in [0, 0.05) is 12.5 Å². The van der Waals surface area contributed by atoms with Crippen LogP contribution in [0.15, 0.2) is 41.4 Å². The van der Waals surface area contributed by atoms with Crippen molar-refractivity contribution in [3.8, 4) is 0 Å². The molecule has 0 bridgehead atoms. The molecule has 1 aromatic carbocycles. The van der Waals surface area contributed by atoms with Crippen LogP contribution in [-0.2, 0) is 16.0 Å². The average Bonchev–Trinajstić information content (AvgIpc) is 2.47. The van der Waals surface area contributed by atoms with Crippen molar-refractivity contribution >= 4 is 21.4 Å². The van der Waals surface area contributed by atoms with Gasteiger partial charge in [-0.3, -0.25) is 9.78 Å². The molecule has 0 fully saturated rings. The molecule has 0 atom stereocenters. The molecule has 0 aliphatic heterocycles. The van der Waals surface area contributed by atoms with Gasteiger partial charge in [0.2, 0.25) is 0 Å². The lowest BCUT2D eigenvalue weighted by Crippen LogP contribution is -2.15. The second-order valence-electron chi connectivity index (χ2n) is 4.80. The van der Waals surface area contributed by atoms with E-state index >= 15 is 0 Å². The van der Waals surface area contributed by atoms with Gasteiger partial charge in [-0.15, -0.1) is 0 Å². The first-order valence-electron chi connectivity index (χ1n) is 6.32. The molecule has 0 radical (unpaired) electrons. The molecule has 0 unspecified atom stereocenters. The Morgan fingerprint density at radius 3 is 2.33 bits per heavy atom. The van der Waals surface area contributed by atoms with Crippen LogP contribution in [-0.4, -0.2) is 25.6 Å². The zero-order valence-corrected chi connectivity index (χ0v) is 12.9. The molecule has 1 heterocycles. The maximum absolute atomic E-state index is 13.7. The molecule has 2 aromatic rings. The number of rotatable bonds is 3. The van der Waals surface area contributed by atoms with Crippen LogP contribution < -0.4 is 5.32 Å². The van der Waals surface area contributed by atoms with Crippen molar-refractivity contribution < 1.29 is 30.8 Å². The standard InChI is InChI=1S/C14H10F4N2O3S/c1-24(22,23)9-3-4-10(15)11(6-9)20-13(21)8-2-5-12(19-7-8)14(16,17)18/h2-7H,1H3,(H,20,21). The SMILES string of the molecule is CS(=O)(=O)c1ccc(F)c(NC(=O)c2ccc(C(F)(F)F)nc2)c1. The quantitative estimate of drug-likeness (QED) is 0.673. The van der Waals surface area contributed by atoms with Gasteiger partial charge in [-0.2, -0.15) is 13.2 Å². The number of alkyl halides is 3. The molecule has 0 aliphatic carbocycles. The number of hydrogen-bond donors (Lipinski definition) is 1. The lowest BCUT2D eigenvalue weighted by atomic mass is 10.2. The number of anilines is 1. The van der Waals surface area contributed by atoms with Crippen LogP contribution in [0.2, 0.25) is 0 Å². The number of benzene rings is 1. The van der Waals surface area contributed by atoms with E-state index in [4.69, 9.17) is 0 Å². The zero-order chi connectivity index (χ0) is 18.1. The van der Waals surface area contributed by atoms with Crippen LogP contribution in [0.1, 0.15) is 16.1 Å². The summed E-state index contributed by atoms with van der Waals surface area (Å²) in [4.78, 5) is 14.8. The smallest absolute Gasteiger partial charge is 0.319 e. The van der Waals surface area contributed by atoms with Gasteiger partial charge >= 0.3 is 6.18 Å². The summed E-state index contributed by atoms with van der Waals surface area (Å²) in [6, 6.07) is 4.29. The maximum atomic E-state index is 13.7. The van der Waals surface area contributed by atoms with E-state index in [0.29, 0.717) is 12.3 Å². The summed E-state index contributed by atoms with van der Waals surface area (Å²) in [6.07, 6.45) is -3.05. The Hall–Kier alpha value is -2.49. The van der Waals surface area contributed by atoms with E-state index in [1.807, 2.05) is 0 Å². The van der Waals surface area contributed by atoms with Gasteiger partial charge in [-0.1, -0.05) is 0 Å². The summed E-state index contributed by atoms with van der Waals surface area (Å²) in [6.45, 7) is 0. The lowest BCUT2D eigenvalue weighted by Gasteiger charge is -2.09. The van der Waals surface area contributed by atoms with Crippen LogP contribution in [0.5, 0.6) is 0 Å². The summed E-state index contributed by atoms with van der Waals surface area (Å²) < 4.78 is 73.8. The summed E-state index contributed by atoms with van der Waals surface area (Å²) in [5.41, 5.74) is -1.83. The van der Waals surface area contributed by atoms with E-state index in [0.717, 1.165) is 30.5 Å². The van der Waals surface area contributed by atoms with E-state index in [2.05, 4.69) is 10.3 Å². The fourth-order valence-electron chi connectivity index (χ4n) is 1.72. The molecule has 0 saturated heterocycles. The highest BCUT2D eigenvalue weighted by molar-refractivity contribution is 7.90. The fourth-order valence-corrected chi connectivity index (χ4v) is 2.37. The number of nitrogens with one attached hydrogen (secondary N) is 1. The molecule has 0 aliphatic rings. The summed E-state index contributed by atoms with van der Waals surface area (Å²) in [7, 11) is -3.62. The van der Waals surface area contributed by atoms with Gasteiger partial charge in [-0.05, 0) is 30.3 Å². The van der Waals surface area contributed by atoms with Crippen LogP contribution in [0.3, 0.4) is 0 Å². The first-order chi connectivity index (χ1) is 11.0. The first kappa shape index (κ1) is 17.9. The monoisotopic (exact) mass is 362 g/mol. The van der Waals surface area contributed by atoms with Gasteiger partial charge in [0.15, 0.2) is 9.84 Å². The molecular formula is C14H10F4N2O3S.